The Balaban J connectivity index is 1.24. The van der Waals surface area contributed by atoms with Gasteiger partial charge in [-0.2, -0.15) is 5.10 Å². The van der Waals surface area contributed by atoms with Gasteiger partial charge in [-0.15, -0.1) is 0 Å². The maximum atomic E-state index is 12.1. The molecular formula is C29H42N8O2. The van der Waals surface area contributed by atoms with E-state index in [1.165, 1.54) is 0 Å². The third-order valence-corrected chi connectivity index (χ3v) is 7.74. The van der Waals surface area contributed by atoms with E-state index in [-0.39, 0.29) is 23.3 Å². The molecule has 4 heterocycles. The fourth-order valence-corrected chi connectivity index (χ4v) is 5.27. The van der Waals surface area contributed by atoms with Crippen LogP contribution in [-0.4, -0.2) is 63.8 Å². The number of carbonyl (C=O) groups excluding carboxylic acids is 1. The Morgan fingerprint density at radius 2 is 1.95 bits per heavy atom. The highest BCUT2D eigenvalue weighted by atomic mass is 16.5. The summed E-state index contributed by atoms with van der Waals surface area (Å²) in [5.41, 5.74) is 3.21. The average molecular weight is 535 g/mol. The second-order valence-corrected chi connectivity index (χ2v) is 12.0. The van der Waals surface area contributed by atoms with Gasteiger partial charge in [0.15, 0.2) is 5.82 Å². The lowest BCUT2D eigenvalue weighted by molar-refractivity contribution is -0.117. The van der Waals surface area contributed by atoms with Crippen LogP contribution in [0.4, 0.5) is 11.6 Å². The van der Waals surface area contributed by atoms with Crippen molar-refractivity contribution in [3.63, 3.8) is 0 Å². The van der Waals surface area contributed by atoms with Crippen LogP contribution in [0.25, 0.3) is 0 Å². The number of amides is 1. The number of anilines is 2. The molecule has 1 aliphatic carbocycles. The van der Waals surface area contributed by atoms with Crippen LogP contribution in [0.1, 0.15) is 70.7 Å². The maximum Gasteiger partial charge on any atom is 0.228 e. The minimum absolute atomic E-state index is 0.0562. The SMILES string of the molecule is C[C@@H]1/C(=C/C(=N)Nc2cc(C(C)(C)C)n(C3CCOCC3)n2)NCCN1Cc1ccnc(NC(=O)C2CC2)c1. The number of hydrogen-bond acceptors (Lipinski definition) is 7. The van der Waals surface area contributed by atoms with Crippen LogP contribution >= 0.6 is 0 Å². The molecule has 2 aromatic heterocycles. The van der Waals surface area contributed by atoms with Gasteiger partial charge in [0.05, 0.1) is 6.04 Å². The third kappa shape index (κ3) is 6.86. The van der Waals surface area contributed by atoms with Crippen LogP contribution in [0, 0.1) is 11.3 Å². The van der Waals surface area contributed by atoms with Gasteiger partial charge in [-0.1, -0.05) is 20.8 Å². The lowest BCUT2D eigenvalue weighted by Crippen LogP contribution is -2.47. The van der Waals surface area contributed by atoms with Gasteiger partial charge < -0.3 is 20.7 Å². The number of nitrogens with zero attached hydrogens (tertiary/aromatic N) is 4. The highest BCUT2D eigenvalue weighted by Crippen LogP contribution is 2.32. The molecule has 2 aromatic rings. The molecule has 0 spiro atoms. The normalized spacial score (nSPS) is 21.9. The molecule has 2 aliphatic heterocycles. The number of ether oxygens (including phenoxy) is 1. The van der Waals surface area contributed by atoms with E-state index >= 15 is 0 Å². The minimum Gasteiger partial charge on any atom is -0.386 e. The summed E-state index contributed by atoms with van der Waals surface area (Å²) < 4.78 is 7.70. The second-order valence-electron chi connectivity index (χ2n) is 12.0. The van der Waals surface area contributed by atoms with E-state index in [0.29, 0.717) is 23.5 Å². The van der Waals surface area contributed by atoms with Crippen molar-refractivity contribution < 1.29 is 9.53 Å². The number of piperazine rings is 1. The summed E-state index contributed by atoms with van der Waals surface area (Å²) in [6, 6.07) is 6.46. The van der Waals surface area contributed by atoms with E-state index in [2.05, 4.69) is 64.3 Å². The molecule has 4 N–H and O–H groups in total. The number of amidine groups is 1. The number of pyridine rings is 1. The van der Waals surface area contributed by atoms with Crippen LogP contribution in [0.3, 0.4) is 0 Å². The first kappa shape index (κ1) is 27.3. The summed E-state index contributed by atoms with van der Waals surface area (Å²) in [6.45, 7) is 12.7. The molecule has 3 fully saturated rings. The van der Waals surface area contributed by atoms with Gasteiger partial charge in [0.2, 0.25) is 5.91 Å². The fourth-order valence-electron chi connectivity index (χ4n) is 5.27. The molecule has 1 atom stereocenters. The molecule has 1 amide bonds. The first-order chi connectivity index (χ1) is 18.7. The van der Waals surface area contributed by atoms with Gasteiger partial charge in [0.1, 0.15) is 11.7 Å². The van der Waals surface area contributed by atoms with E-state index in [0.717, 1.165) is 75.5 Å². The van der Waals surface area contributed by atoms with Crippen LogP contribution in [0.5, 0.6) is 0 Å². The summed E-state index contributed by atoms with van der Waals surface area (Å²) >= 11 is 0. The van der Waals surface area contributed by atoms with E-state index in [1.807, 2.05) is 18.2 Å². The Bertz CT molecular complexity index is 1220. The predicted octanol–water partition coefficient (Wildman–Crippen LogP) is 4.04. The zero-order chi connectivity index (χ0) is 27.6. The summed E-state index contributed by atoms with van der Waals surface area (Å²) in [5, 5.41) is 23.2. The van der Waals surface area contributed by atoms with E-state index in [4.69, 9.17) is 15.2 Å². The first-order valence-electron chi connectivity index (χ1n) is 14.2. The Hall–Kier alpha value is -3.24. The van der Waals surface area contributed by atoms with Gasteiger partial charge in [0.25, 0.3) is 0 Å². The Morgan fingerprint density at radius 3 is 2.67 bits per heavy atom. The molecular weight excluding hydrogens is 492 g/mol. The summed E-state index contributed by atoms with van der Waals surface area (Å²) in [7, 11) is 0. The van der Waals surface area contributed by atoms with Crippen LogP contribution in [0.2, 0.25) is 0 Å². The van der Waals surface area contributed by atoms with Crippen molar-refractivity contribution in [3.8, 4) is 0 Å². The number of aromatic nitrogens is 3. The van der Waals surface area contributed by atoms with E-state index in [1.54, 1.807) is 6.20 Å². The molecule has 5 rings (SSSR count). The van der Waals surface area contributed by atoms with Gasteiger partial charge in [-0.3, -0.25) is 19.8 Å². The molecule has 0 bridgehead atoms. The standard InChI is InChI=1S/C29H42N8O2/c1-19-23(31-11-12-36(19)18-20-7-10-32-26(15-20)34-28(38)21-5-6-21)16-25(30)33-27-17-24(29(2,3)4)37(35-27)22-8-13-39-14-9-22/h7,10,15-17,19,21-22,31H,5-6,8-9,11-14,18H2,1-4H3,(H2,30,33,35)(H,32,34,38)/b23-16-/t19-/m1/s1. The monoisotopic (exact) mass is 534 g/mol. The summed E-state index contributed by atoms with van der Waals surface area (Å²) in [6.07, 6.45) is 7.47. The summed E-state index contributed by atoms with van der Waals surface area (Å²) in [4.78, 5) is 18.8. The number of carbonyl (C=O) groups is 1. The molecule has 1 saturated carbocycles. The zero-order valence-corrected chi connectivity index (χ0v) is 23.6. The molecule has 2 saturated heterocycles. The largest absolute Gasteiger partial charge is 0.386 e. The van der Waals surface area contributed by atoms with Crippen molar-refractivity contribution in [2.24, 2.45) is 5.92 Å². The van der Waals surface area contributed by atoms with Crippen molar-refractivity contribution in [1.29, 1.82) is 5.41 Å². The molecule has 0 unspecified atom stereocenters. The molecule has 3 aliphatic rings. The Kier molecular flexibility index (Phi) is 8.04. The molecule has 210 valence electrons. The molecule has 10 nitrogen and oxygen atoms in total. The van der Waals surface area contributed by atoms with Gasteiger partial charge >= 0.3 is 0 Å². The van der Waals surface area contributed by atoms with Crippen molar-refractivity contribution >= 4 is 23.4 Å². The number of rotatable bonds is 7. The van der Waals surface area contributed by atoms with Crippen molar-refractivity contribution in [1.82, 2.24) is 25.0 Å². The lowest BCUT2D eigenvalue weighted by atomic mass is 9.91. The van der Waals surface area contributed by atoms with Crippen LogP contribution < -0.4 is 16.0 Å². The first-order valence-corrected chi connectivity index (χ1v) is 14.2. The zero-order valence-electron chi connectivity index (χ0n) is 23.6. The molecule has 0 radical (unpaired) electrons. The van der Waals surface area contributed by atoms with Crippen molar-refractivity contribution in [2.45, 2.75) is 77.4 Å². The number of hydrogen-bond donors (Lipinski definition) is 4. The fraction of sp³-hybridized carbons (Fsp3) is 0.586. The van der Waals surface area contributed by atoms with Gasteiger partial charge in [-0.25, -0.2) is 4.98 Å². The van der Waals surface area contributed by atoms with Gasteiger partial charge in [-0.05, 0) is 50.3 Å². The average Bonchev–Trinajstić information content (AvgIpc) is 3.66. The minimum atomic E-state index is -0.0562. The quantitative estimate of drug-likeness (QED) is 0.313. The highest BCUT2D eigenvalue weighted by molar-refractivity contribution is 6.01. The third-order valence-electron chi connectivity index (χ3n) is 7.74. The lowest BCUT2D eigenvalue weighted by Gasteiger charge is -2.36. The molecule has 10 heteroatoms. The van der Waals surface area contributed by atoms with E-state index < -0.39 is 0 Å². The van der Waals surface area contributed by atoms with Crippen LogP contribution in [0.15, 0.2) is 36.2 Å². The second kappa shape index (κ2) is 11.5. The molecule has 39 heavy (non-hydrogen) atoms. The van der Waals surface area contributed by atoms with E-state index in [9.17, 15) is 4.79 Å². The number of nitrogens with one attached hydrogen (secondary N) is 4. The predicted molar refractivity (Wildman–Crippen MR) is 153 cm³/mol. The summed E-state index contributed by atoms with van der Waals surface area (Å²) in [5.74, 6) is 1.83. The topological polar surface area (TPSA) is 120 Å². The Labute approximate surface area is 231 Å². The smallest absolute Gasteiger partial charge is 0.228 e. The highest BCUT2D eigenvalue weighted by Gasteiger charge is 2.30. The Morgan fingerprint density at radius 1 is 1.18 bits per heavy atom. The van der Waals surface area contributed by atoms with Gasteiger partial charge in [0, 0.05) is 80.0 Å². The molecule has 0 aromatic carbocycles. The van der Waals surface area contributed by atoms with Crippen molar-refractivity contribution in [3.05, 3.63) is 47.4 Å². The van der Waals surface area contributed by atoms with Crippen molar-refractivity contribution in [2.75, 3.05) is 36.9 Å². The van der Waals surface area contributed by atoms with Crippen LogP contribution in [-0.2, 0) is 21.5 Å². The maximum absolute atomic E-state index is 12.1.